The van der Waals surface area contributed by atoms with Crippen molar-refractivity contribution in [1.82, 2.24) is 0 Å². The van der Waals surface area contributed by atoms with Gasteiger partial charge in [-0.3, -0.25) is 0 Å². The van der Waals surface area contributed by atoms with Gasteiger partial charge in [0.2, 0.25) is 0 Å². The first-order chi connectivity index (χ1) is 7.17. The van der Waals surface area contributed by atoms with Crippen molar-refractivity contribution >= 4 is 0 Å². The van der Waals surface area contributed by atoms with Gasteiger partial charge in [0.05, 0.1) is 20.3 Å². The molecule has 2 N–H and O–H groups in total. The Kier molecular flexibility index (Phi) is 4.43. The van der Waals surface area contributed by atoms with E-state index in [0.717, 1.165) is 18.0 Å². The molecule has 0 aromatic heterocycles. The van der Waals surface area contributed by atoms with E-state index in [1.807, 2.05) is 12.1 Å². The molecule has 0 aliphatic rings. The van der Waals surface area contributed by atoms with Crippen molar-refractivity contribution in [2.75, 3.05) is 14.2 Å². The lowest BCUT2D eigenvalue weighted by molar-refractivity contribution is -0.698. The third kappa shape index (κ3) is 3.44. The van der Waals surface area contributed by atoms with E-state index < -0.39 is 0 Å². The third-order valence-electron chi connectivity index (χ3n) is 2.27. The third-order valence-corrected chi connectivity index (χ3v) is 2.27. The van der Waals surface area contributed by atoms with Crippen LogP contribution in [-0.2, 0) is 6.54 Å². The molecule has 84 valence electrons. The normalized spacial score (nSPS) is 10.5. The van der Waals surface area contributed by atoms with Crippen molar-refractivity contribution in [2.45, 2.75) is 26.4 Å². The zero-order valence-corrected chi connectivity index (χ0v) is 9.91. The van der Waals surface area contributed by atoms with Crippen LogP contribution in [0.25, 0.3) is 0 Å². The first-order valence-corrected chi connectivity index (χ1v) is 5.21. The lowest BCUT2D eigenvalue weighted by Crippen LogP contribution is -2.86. The minimum absolute atomic E-state index is 0.609. The Balaban J connectivity index is 2.74. The van der Waals surface area contributed by atoms with Crippen molar-refractivity contribution in [1.29, 1.82) is 0 Å². The standard InChI is InChI=1S/C12H19NO2/c1-9(2)13-8-10-5-6-11(14-3)12(7-10)15-4/h5-7,9,13H,8H2,1-4H3/p+1. The van der Waals surface area contributed by atoms with Crippen LogP contribution in [0.5, 0.6) is 11.5 Å². The molecule has 0 bridgehead atoms. The van der Waals surface area contributed by atoms with Crippen LogP contribution in [0.4, 0.5) is 0 Å². The fourth-order valence-electron chi connectivity index (χ4n) is 1.38. The van der Waals surface area contributed by atoms with Crippen LogP contribution in [0.3, 0.4) is 0 Å². The fraction of sp³-hybridized carbons (Fsp3) is 0.500. The summed E-state index contributed by atoms with van der Waals surface area (Å²) in [5.74, 6) is 1.58. The lowest BCUT2D eigenvalue weighted by atomic mass is 10.2. The summed E-state index contributed by atoms with van der Waals surface area (Å²) < 4.78 is 10.4. The summed E-state index contributed by atoms with van der Waals surface area (Å²) in [6.07, 6.45) is 0. The smallest absolute Gasteiger partial charge is 0.161 e. The number of ether oxygens (including phenoxy) is 2. The molecule has 0 radical (unpaired) electrons. The van der Waals surface area contributed by atoms with Crippen LogP contribution in [-0.4, -0.2) is 20.3 Å². The summed E-state index contributed by atoms with van der Waals surface area (Å²) in [5, 5.41) is 2.28. The molecule has 0 unspecified atom stereocenters. The van der Waals surface area contributed by atoms with Crippen LogP contribution < -0.4 is 14.8 Å². The number of quaternary nitrogens is 1. The Morgan fingerprint density at radius 2 is 1.80 bits per heavy atom. The van der Waals surface area contributed by atoms with Crippen LogP contribution >= 0.6 is 0 Å². The number of rotatable bonds is 5. The largest absolute Gasteiger partial charge is 0.493 e. The second-order valence-electron chi connectivity index (χ2n) is 3.87. The van der Waals surface area contributed by atoms with Crippen LogP contribution in [0.2, 0.25) is 0 Å². The molecular weight excluding hydrogens is 190 g/mol. The van der Waals surface area contributed by atoms with E-state index in [4.69, 9.17) is 9.47 Å². The predicted octanol–water partition coefficient (Wildman–Crippen LogP) is 1.18. The molecule has 3 nitrogen and oxygen atoms in total. The molecule has 1 aromatic rings. The highest BCUT2D eigenvalue weighted by Crippen LogP contribution is 2.27. The van der Waals surface area contributed by atoms with Gasteiger partial charge in [0.15, 0.2) is 11.5 Å². The van der Waals surface area contributed by atoms with Gasteiger partial charge >= 0.3 is 0 Å². The maximum absolute atomic E-state index is 5.24. The molecule has 0 amide bonds. The molecule has 0 saturated heterocycles. The molecule has 3 heteroatoms. The number of hydrogen-bond donors (Lipinski definition) is 1. The van der Waals surface area contributed by atoms with Crippen molar-refractivity contribution in [3.05, 3.63) is 23.8 Å². The Labute approximate surface area is 91.4 Å². The first-order valence-electron chi connectivity index (χ1n) is 5.21. The summed E-state index contributed by atoms with van der Waals surface area (Å²) in [6.45, 7) is 5.33. The van der Waals surface area contributed by atoms with Gasteiger partial charge in [0.1, 0.15) is 6.54 Å². The quantitative estimate of drug-likeness (QED) is 0.792. The second kappa shape index (κ2) is 5.61. The van der Waals surface area contributed by atoms with Crippen molar-refractivity contribution in [2.24, 2.45) is 0 Å². The van der Waals surface area contributed by atoms with Gasteiger partial charge in [-0.05, 0) is 32.0 Å². The van der Waals surface area contributed by atoms with E-state index in [1.165, 1.54) is 5.56 Å². The fourth-order valence-corrected chi connectivity index (χ4v) is 1.38. The lowest BCUT2D eigenvalue weighted by Gasteiger charge is -2.10. The second-order valence-corrected chi connectivity index (χ2v) is 3.87. The maximum Gasteiger partial charge on any atom is 0.161 e. The molecule has 0 heterocycles. The van der Waals surface area contributed by atoms with Gasteiger partial charge in [-0.25, -0.2) is 0 Å². The molecule has 0 spiro atoms. The number of hydrogen-bond acceptors (Lipinski definition) is 2. The van der Waals surface area contributed by atoms with E-state index in [0.29, 0.717) is 6.04 Å². The highest BCUT2D eigenvalue weighted by atomic mass is 16.5. The van der Waals surface area contributed by atoms with Gasteiger partial charge in [0.25, 0.3) is 0 Å². The first kappa shape index (κ1) is 11.9. The summed E-state index contributed by atoms with van der Waals surface area (Å²) in [6, 6.07) is 6.65. The molecule has 1 rings (SSSR count). The average Bonchev–Trinajstić information content (AvgIpc) is 2.25. The zero-order chi connectivity index (χ0) is 11.3. The Morgan fingerprint density at radius 1 is 1.13 bits per heavy atom. The highest BCUT2D eigenvalue weighted by molar-refractivity contribution is 5.42. The van der Waals surface area contributed by atoms with E-state index in [2.05, 4.69) is 25.2 Å². The Morgan fingerprint density at radius 3 is 2.33 bits per heavy atom. The van der Waals surface area contributed by atoms with E-state index >= 15 is 0 Å². The van der Waals surface area contributed by atoms with Gasteiger partial charge < -0.3 is 14.8 Å². The van der Waals surface area contributed by atoms with E-state index in [-0.39, 0.29) is 0 Å². The number of benzene rings is 1. The summed E-state index contributed by atoms with van der Waals surface area (Å²) in [7, 11) is 3.31. The van der Waals surface area contributed by atoms with Gasteiger partial charge in [0, 0.05) is 5.56 Å². The molecule has 0 fully saturated rings. The minimum atomic E-state index is 0.609. The molecule has 1 aromatic carbocycles. The maximum atomic E-state index is 5.24. The number of methoxy groups -OCH3 is 2. The molecule has 0 saturated carbocycles. The van der Waals surface area contributed by atoms with Crippen molar-refractivity contribution in [3.63, 3.8) is 0 Å². The highest BCUT2D eigenvalue weighted by Gasteiger charge is 2.05. The van der Waals surface area contributed by atoms with E-state index in [9.17, 15) is 0 Å². The minimum Gasteiger partial charge on any atom is -0.493 e. The SMILES string of the molecule is COc1ccc(C[NH2+]C(C)C)cc1OC. The zero-order valence-electron chi connectivity index (χ0n) is 9.91. The van der Waals surface area contributed by atoms with Gasteiger partial charge in [-0.2, -0.15) is 0 Å². The Hall–Kier alpha value is -1.22. The topological polar surface area (TPSA) is 35.1 Å². The molecule has 0 aliphatic carbocycles. The average molecular weight is 210 g/mol. The summed E-state index contributed by atoms with van der Waals surface area (Å²) >= 11 is 0. The molecular formula is C12H20NO2+. The van der Waals surface area contributed by atoms with Crippen LogP contribution in [0.15, 0.2) is 18.2 Å². The number of nitrogens with two attached hydrogens (primary N) is 1. The predicted molar refractivity (Wildman–Crippen MR) is 60.3 cm³/mol. The van der Waals surface area contributed by atoms with E-state index in [1.54, 1.807) is 14.2 Å². The van der Waals surface area contributed by atoms with Gasteiger partial charge in [-0.15, -0.1) is 0 Å². The van der Waals surface area contributed by atoms with Crippen molar-refractivity contribution in [3.8, 4) is 11.5 Å². The monoisotopic (exact) mass is 210 g/mol. The molecule has 15 heavy (non-hydrogen) atoms. The molecule has 0 atom stereocenters. The van der Waals surface area contributed by atoms with Crippen LogP contribution in [0, 0.1) is 0 Å². The van der Waals surface area contributed by atoms with Gasteiger partial charge in [-0.1, -0.05) is 0 Å². The van der Waals surface area contributed by atoms with Crippen LogP contribution in [0.1, 0.15) is 19.4 Å². The summed E-state index contributed by atoms with van der Waals surface area (Å²) in [4.78, 5) is 0. The summed E-state index contributed by atoms with van der Waals surface area (Å²) in [5.41, 5.74) is 1.25. The van der Waals surface area contributed by atoms with Crippen molar-refractivity contribution < 1.29 is 14.8 Å². The Bertz CT molecular complexity index is 310. The molecule has 0 aliphatic heterocycles.